The molecule has 0 aliphatic heterocycles. The Kier molecular flexibility index (Phi) is 5.26. The van der Waals surface area contributed by atoms with E-state index in [0.29, 0.717) is 13.2 Å². The van der Waals surface area contributed by atoms with Crippen molar-refractivity contribution in [3.8, 4) is 5.75 Å². The molecule has 0 aliphatic carbocycles. The summed E-state index contributed by atoms with van der Waals surface area (Å²) in [5, 5.41) is 2.04. The molecule has 0 saturated carbocycles. The molecule has 0 spiro atoms. The van der Waals surface area contributed by atoms with Crippen LogP contribution in [-0.4, -0.2) is 0 Å². The van der Waals surface area contributed by atoms with Gasteiger partial charge in [-0.1, -0.05) is 0 Å². The predicted molar refractivity (Wildman–Crippen MR) is 86.1 cm³/mol. The molecule has 0 aliphatic rings. The van der Waals surface area contributed by atoms with Gasteiger partial charge in [-0.05, 0) is 71.6 Å². The molecule has 0 fully saturated rings. The highest BCUT2D eigenvalue weighted by Crippen LogP contribution is 2.35. The van der Waals surface area contributed by atoms with Gasteiger partial charge in [0.1, 0.15) is 12.4 Å². The van der Waals surface area contributed by atoms with Gasteiger partial charge in [-0.2, -0.15) is 0 Å². The topological polar surface area (TPSA) is 35.2 Å². The molecule has 2 aromatic rings. The first-order chi connectivity index (χ1) is 8.60. The fourth-order valence-electron chi connectivity index (χ4n) is 1.44. The molecule has 2 rings (SSSR count). The zero-order valence-corrected chi connectivity index (χ0v) is 14.8. The molecule has 6 heteroatoms. The summed E-state index contributed by atoms with van der Waals surface area (Å²) in [5.41, 5.74) is 6.67. The van der Waals surface area contributed by atoms with E-state index in [1.165, 1.54) is 4.88 Å². The summed E-state index contributed by atoms with van der Waals surface area (Å²) >= 11 is 12.1. The fraction of sp³-hybridized carbons (Fsp3) is 0.167. The summed E-state index contributed by atoms with van der Waals surface area (Å²) in [5.74, 6) is 0.803. The van der Waals surface area contributed by atoms with Crippen LogP contribution >= 0.6 is 59.1 Å². The fourth-order valence-corrected chi connectivity index (χ4v) is 4.31. The lowest BCUT2D eigenvalue weighted by Gasteiger charge is -2.11. The monoisotopic (exact) mass is 453 g/mol. The van der Waals surface area contributed by atoms with Crippen molar-refractivity contribution in [3.05, 3.63) is 47.4 Å². The van der Waals surface area contributed by atoms with Crippen LogP contribution in [-0.2, 0) is 13.2 Å². The van der Waals surface area contributed by atoms with Crippen molar-refractivity contribution in [2.75, 3.05) is 0 Å². The van der Waals surface area contributed by atoms with Gasteiger partial charge in [-0.25, -0.2) is 0 Å². The van der Waals surface area contributed by atoms with Gasteiger partial charge in [0.25, 0.3) is 0 Å². The van der Waals surface area contributed by atoms with Crippen LogP contribution in [0.25, 0.3) is 0 Å². The Morgan fingerprint density at radius 1 is 1.11 bits per heavy atom. The number of hydrogen-bond acceptors (Lipinski definition) is 3. The maximum absolute atomic E-state index is 5.82. The van der Waals surface area contributed by atoms with Crippen molar-refractivity contribution in [1.29, 1.82) is 0 Å². The molecule has 0 bridgehead atoms. The number of halogens is 3. The molecule has 2 N–H and O–H groups in total. The third kappa shape index (κ3) is 3.57. The van der Waals surface area contributed by atoms with Gasteiger partial charge in [-0.3, -0.25) is 0 Å². The van der Waals surface area contributed by atoms with Crippen molar-refractivity contribution in [2.24, 2.45) is 5.73 Å². The SMILES string of the molecule is NCc1cc(Br)c(OCc2cc(Br)cs2)c(Br)c1. The minimum absolute atomic E-state index is 0.509. The van der Waals surface area contributed by atoms with E-state index in [1.54, 1.807) is 11.3 Å². The minimum Gasteiger partial charge on any atom is -0.486 e. The summed E-state index contributed by atoms with van der Waals surface area (Å²) in [4.78, 5) is 1.17. The van der Waals surface area contributed by atoms with E-state index in [4.69, 9.17) is 10.5 Å². The number of nitrogens with two attached hydrogens (primary N) is 1. The summed E-state index contributed by atoms with van der Waals surface area (Å²) in [6, 6.07) is 6.01. The summed E-state index contributed by atoms with van der Waals surface area (Å²) in [6.07, 6.45) is 0. The van der Waals surface area contributed by atoms with Gasteiger partial charge in [0, 0.05) is 21.3 Å². The molecule has 0 amide bonds. The predicted octanol–water partition coefficient (Wildman–Crippen LogP) is 5.07. The standard InChI is InChI=1S/C12H10Br3NOS/c13-8-3-9(18-6-8)5-17-12-10(14)1-7(4-16)2-11(12)15/h1-3,6H,4-5,16H2. The van der Waals surface area contributed by atoms with Gasteiger partial charge in [0.15, 0.2) is 0 Å². The van der Waals surface area contributed by atoms with Crippen LogP contribution in [0.4, 0.5) is 0 Å². The molecule has 96 valence electrons. The maximum atomic E-state index is 5.82. The molecule has 0 atom stereocenters. The molecule has 1 aromatic heterocycles. The molecule has 0 saturated heterocycles. The van der Waals surface area contributed by atoms with E-state index in [0.717, 1.165) is 24.7 Å². The van der Waals surface area contributed by atoms with E-state index in [2.05, 4.69) is 53.9 Å². The van der Waals surface area contributed by atoms with Crippen molar-refractivity contribution in [3.63, 3.8) is 0 Å². The number of thiophene rings is 1. The second-order valence-corrected chi connectivity index (χ2v) is 7.23. The Morgan fingerprint density at radius 3 is 2.28 bits per heavy atom. The molecule has 0 radical (unpaired) electrons. The number of rotatable bonds is 4. The molecule has 1 aromatic carbocycles. The Hall–Kier alpha value is 0.120. The van der Waals surface area contributed by atoms with E-state index in [-0.39, 0.29) is 0 Å². The highest BCUT2D eigenvalue weighted by atomic mass is 79.9. The lowest BCUT2D eigenvalue weighted by Crippen LogP contribution is -1.99. The first kappa shape index (κ1) is 14.5. The Bertz CT molecular complexity index is 533. The highest BCUT2D eigenvalue weighted by molar-refractivity contribution is 9.11. The highest BCUT2D eigenvalue weighted by Gasteiger charge is 2.09. The van der Waals surface area contributed by atoms with Crippen LogP contribution in [0.3, 0.4) is 0 Å². The van der Waals surface area contributed by atoms with Crippen LogP contribution in [0.2, 0.25) is 0 Å². The van der Waals surface area contributed by atoms with Gasteiger partial charge < -0.3 is 10.5 Å². The Labute approximate surface area is 135 Å². The van der Waals surface area contributed by atoms with E-state index in [9.17, 15) is 0 Å². The third-order valence-corrected chi connectivity index (χ3v) is 5.12. The van der Waals surface area contributed by atoms with Crippen molar-refractivity contribution >= 4 is 59.1 Å². The lowest BCUT2D eigenvalue weighted by atomic mass is 10.2. The zero-order chi connectivity index (χ0) is 13.1. The van der Waals surface area contributed by atoms with Gasteiger partial charge in [-0.15, -0.1) is 11.3 Å². The van der Waals surface area contributed by atoms with E-state index < -0.39 is 0 Å². The number of hydrogen-bond donors (Lipinski definition) is 1. The lowest BCUT2D eigenvalue weighted by molar-refractivity contribution is 0.305. The smallest absolute Gasteiger partial charge is 0.148 e. The number of ether oxygens (including phenoxy) is 1. The average molecular weight is 456 g/mol. The minimum atomic E-state index is 0.509. The van der Waals surface area contributed by atoms with Gasteiger partial charge in [0.2, 0.25) is 0 Å². The quantitative estimate of drug-likeness (QED) is 0.698. The summed E-state index contributed by atoms with van der Waals surface area (Å²) in [6.45, 7) is 1.06. The normalized spacial score (nSPS) is 10.7. The van der Waals surface area contributed by atoms with E-state index in [1.807, 2.05) is 17.5 Å². The molecule has 1 heterocycles. The van der Waals surface area contributed by atoms with Crippen LogP contribution in [0.1, 0.15) is 10.4 Å². The Morgan fingerprint density at radius 2 is 1.78 bits per heavy atom. The Balaban J connectivity index is 2.14. The second-order valence-electron chi connectivity index (χ2n) is 3.61. The second kappa shape index (κ2) is 6.52. The van der Waals surface area contributed by atoms with Gasteiger partial charge >= 0.3 is 0 Å². The van der Waals surface area contributed by atoms with E-state index >= 15 is 0 Å². The summed E-state index contributed by atoms with van der Waals surface area (Å²) < 4.78 is 8.73. The van der Waals surface area contributed by atoms with Crippen molar-refractivity contribution in [2.45, 2.75) is 13.2 Å². The van der Waals surface area contributed by atoms with Crippen LogP contribution in [0.15, 0.2) is 37.0 Å². The largest absolute Gasteiger partial charge is 0.486 e. The van der Waals surface area contributed by atoms with Crippen LogP contribution in [0.5, 0.6) is 5.75 Å². The third-order valence-electron chi connectivity index (χ3n) is 2.27. The van der Waals surface area contributed by atoms with Crippen molar-refractivity contribution < 1.29 is 4.74 Å². The van der Waals surface area contributed by atoms with Crippen LogP contribution < -0.4 is 10.5 Å². The molecular formula is C12H10Br3NOS. The maximum Gasteiger partial charge on any atom is 0.148 e. The molecule has 2 nitrogen and oxygen atoms in total. The van der Waals surface area contributed by atoms with Crippen molar-refractivity contribution in [1.82, 2.24) is 0 Å². The van der Waals surface area contributed by atoms with Crippen LogP contribution in [0, 0.1) is 0 Å². The molecule has 18 heavy (non-hydrogen) atoms. The molecular weight excluding hydrogens is 446 g/mol. The first-order valence-electron chi connectivity index (χ1n) is 5.14. The molecule has 0 unspecified atom stereocenters. The van der Waals surface area contributed by atoms with Gasteiger partial charge in [0.05, 0.1) is 8.95 Å². The summed E-state index contributed by atoms with van der Waals surface area (Å²) in [7, 11) is 0. The number of benzene rings is 1. The zero-order valence-electron chi connectivity index (χ0n) is 9.25. The average Bonchev–Trinajstić information content (AvgIpc) is 2.73. The first-order valence-corrected chi connectivity index (χ1v) is 8.39.